The Balaban J connectivity index is 2.49. The number of amidine groups is 1. The second-order valence-corrected chi connectivity index (χ2v) is 5.90. The molecule has 1 saturated heterocycles. The normalized spacial score (nSPS) is 24.0. The van der Waals surface area contributed by atoms with Gasteiger partial charge in [-0.05, 0) is 45.6 Å². The molecule has 1 aliphatic heterocycles. The summed E-state index contributed by atoms with van der Waals surface area (Å²) in [6, 6.07) is 2.48. The van der Waals surface area contributed by atoms with E-state index in [0.717, 1.165) is 41.5 Å². The van der Waals surface area contributed by atoms with Crippen LogP contribution in [0.3, 0.4) is 0 Å². The summed E-state index contributed by atoms with van der Waals surface area (Å²) >= 11 is 0. The predicted molar refractivity (Wildman–Crippen MR) is 81.4 cm³/mol. The van der Waals surface area contributed by atoms with Gasteiger partial charge in [-0.2, -0.15) is 0 Å². The third kappa shape index (κ3) is 2.71. The molecule has 2 rings (SSSR count). The van der Waals surface area contributed by atoms with Crippen molar-refractivity contribution in [1.82, 2.24) is 4.98 Å². The van der Waals surface area contributed by atoms with Gasteiger partial charge in [-0.1, -0.05) is 12.1 Å². The molecule has 0 bridgehead atoms. The van der Waals surface area contributed by atoms with Crippen molar-refractivity contribution in [2.75, 3.05) is 11.4 Å². The molecule has 3 N–H and O–H groups in total. The second-order valence-electron chi connectivity index (χ2n) is 5.90. The lowest BCUT2D eigenvalue weighted by Gasteiger charge is -2.39. The molecule has 0 amide bonds. The van der Waals surface area contributed by atoms with Crippen molar-refractivity contribution >= 4 is 11.5 Å². The van der Waals surface area contributed by atoms with E-state index in [2.05, 4.69) is 28.9 Å². The highest BCUT2D eigenvalue weighted by molar-refractivity contribution is 6.03. The first kappa shape index (κ1) is 14.6. The van der Waals surface area contributed by atoms with E-state index < -0.39 is 0 Å². The fourth-order valence-corrected chi connectivity index (χ4v) is 3.17. The lowest BCUT2D eigenvalue weighted by atomic mass is 9.92. The summed E-state index contributed by atoms with van der Waals surface area (Å²) in [6.07, 6.45) is 2.33. The molecule has 5 heteroatoms. The summed E-state index contributed by atoms with van der Waals surface area (Å²) in [5.74, 6) is 0.883. The first-order valence-corrected chi connectivity index (χ1v) is 7.16. The Morgan fingerprint density at radius 1 is 1.45 bits per heavy atom. The van der Waals surface area contributed by atoms with Crippen molar-refractivity contribution in [3.63, 3.8) is 0 Å². The van der Waals surface area contributed by atoms with Crippen LogP contribution in [-0.4, -0.2) is 28.6 Å². The Labute approximate surface area is 120 Å². The van der Waals surface area contributed by atoms with E-state index in [0.29, 0.717) is 6.04 Å². The number of hydrogen-bond acceptors (Lipinski definition) is 4. The summed E-state index contributed by atoms with van der Waals surface area (Å²) in [6.45, 7) is 9.40. The van der Waals surface area contributed by atoms with E-state index in [1.54, 1.807) is 0 Å². The van der Waals surface area contributed by atoms with Crippen molar-refractivity contribution in [3.8, 4) is 0 Å². The average molecular weight is 276 g/mol. The van der Waals surface area contributed by atoms with Crippen molar-refractivity contribution in [1.29, 1.82) is 0 Å². The number of nitrogens with two attached hydrogens (primary N) is 1. The van der Waals surface area contributed by atoms with E-state index in [1.807, 2.05) is 19.9 Å². The largest absolute Gasteiger partial charge is 0.409 e. The molecule has 1 aromatic rings. The van der Waals surface area contributed by atoms with Crippen LogP contribution in [-0.2, 0) is 0 Å². The zero-order valence-corrected chi connectivity index (χ0v) is 12.7. The minimum atomic E-state index is 0.135. The molecule has 2 unspecified atom stereocenters. The lowest BCUT2D eigenvalue weighted by molar-refractivity contribution is 0.318. The number of piperidine rings is 1. The van der Waals surface area contributed by atoms with Gasteiger partial charge in [0.2, 0.25) is 0 Å². The van der Waals surface area contributed by atoms with Crippen LogP contribution in [0.25, 0.3) is 0 Å². The highest BCUT2D eigenvalue weighted by atomic mass is 16.4. The van der Waals surface area contributed by atoms with Crippen molar-refractivity contribution in [2.24, 2.45) is 16.8 Å². The molecule has 2 heterocycles. The molecule has 0 radical (unpaired) electrons. The summed E-state index contributed by atoms with van der Waals surface area (Å²) in [4.78, 5) is 6.80. The Hall–Kier alpha value is -1.78. The Kier molecular flexibility index (Phi) is 4.16. The third-order valence-electron chi connectivity index (χ3n) is 4.12. The number of oxime groups is 1. The van der Waals surface area contributed by atoms with E-state index >= 15 is 0 Å². The average Bonchev–Trinajstić information content (AvgIpc) is 2.37. The molecule has 0 aromatic carbocycles. The minimum absolute atomic E-state index is 0.135. The van der Waals surface area contributed by atoms with Gasteiger partial charge in [0.25, 0.3) is 0 Å². The van der Waals surface area contributed by atoms with Gasteiger partial charge in [0, 0.05) is 18.3 Å². The van der Waals surface area contributed by atoms with Gasteiger partial charge in [-0.25, -0.2) is 0 Å². The summed E-state index contributed by atoms with van der Waals surface area (Å²) in [5.41, 5.74) is 9.40. The molecular formula is C15H24N4O. The molecule has 0 saturated carbocycles. The SMILES string of the molecule is Cc1cc(N2CCC(C)CC2C)c(/C(N)=N/O)c(C)n1. The maximum atomic E-state index is 9.03. The smallest absolute Gasteiger partial charge is 0.174 e. The van der Waals surface area contributed by atoms with Gasteiger partial charge in [0.05, 0.1) is 16.9 Å². The van der Waals surface area contributed by atoms with Gasteiger partial charge in [0.1, 0.15) is 0 Å². The molecule has 110 valence electrons. The van der Waals surface area contributed by atoms with Crippen molar-refractivity contribution < 1.29 is 5.21 Å². The predicted octanol–water partition coefficient (Wildman–Crippen LogP) is 2.42. The standard InChI is InChI=1S/C15H24N4O/c1-9-5-6-19(11(3)7-9)13-8-10(2)17-12(4)14(13)15(16)18-20/h8-9,11,20H,5-7H2,1-4H3,(H2,16,18). The summed E-state index contributed by atoms with van der Waals surface area (Å²) in [7, 11) is 0. The zero-order valence-electron chi connectivity index (χ0n) is 12.7. The summed E-state index contributed by atoms with van der Waals surface area (Å²) < 4.78 is 0. The quantitative estimate of drug-likeness (QED) is 0.376. The van der Waals surface area contributed by atoms with Gasteiger partial charge in [-0.15, -0.1) is 0 Å². The number of nitrogens with zero attached hydrogens (tertiary/aromatic N) is 3. The van der Waals surface area contributed by atoms with Gasteiger partial charge in [0.15, 0.2) is 5.84 Å². The first-order valence-electron chi connectivity index (χ1n) is 7.16. The molecular weight excluding hydrogens is 252 g/mol. The molecule has 1 aliphatic rings. The summed E-state index contributed by atoms with van der Waals surface area (Å²) in [5, 5.41) is 12.2. The number of aromatic nitrogens is 1. The topological polar surface area (TPSA) is 74.7 Å². The monoisotopic (exact) mass is 276 g/mol. The molecule has 0 spiro atoms. The van der Waals surface area contributed by atoms with Gasteiger partial charge in [-0.3, -0.25) is 4.98 Å². The van der Waals surface area contributed by atoms with Gasteiger partial charge < -0.3 is 15.8 Å². The van der Waals surface area contributed by atoms with Crippen LogP contribution in [0, 0.1) is 19.8 Å². The van der Waals surface area contributed by atoms with E-state index in [-0.39, 0.29) is 5.84 Å². The van der Waals surface area contributed by atoms with Crippen LogP contribution in [0.2, 0.25) is 0 Å². The van der Waals surface area contributed by atoms with Crippen LogP contribution in [0.5, 0.6) is 0 Å². The second kappa shape index (κ2) is 5.69. The minimum Gasteiger partial charge on any atom is -0.409 e. The van der Waals surface area contributed by atoms with Crippen molar-refractivity contribution in [3.05, 3.63) is 23.0 Å². The number of aryl methyl sites for hydroxylation is 2. The van der Waals surface area contributed by atoms with Crippen LogP contribution in [0.15, 0.2) is 11.2 Å². The van der Waals surface area contributed by atoms with Crippen LogP contribution in [0.4, 0.5) is 5.69 Å². The molecule has 1 fully saturated rings. The third-order valence-corrected chi connectivity index (χ3v) is 4.12. The Morgan fingerprint density at radius 3 is 2.75 bits per heavy atom. The number of pyridine rings is 1. The maximum Gasteiger partial charge on any atom is 0.174 e. The van der Waals surface area contributed by atoms with E-state index in [1.165, 1.54) is 6.42 Å². The van der Waals surface area contributed by atoms with Crippen LogP contribution < -0.4 is 10.6 Å². The highest BCUT2D eigenvalue weighted by Crippen LogP contribution is 2.31. The molecule has 20 heavy (non-hydrogen) atoms. The fraction of sp³-hybridized carbons (Fsp3) is 0.600. The Morgan fingerprint density at radius 2 is 2.15 bits per heavy atom. The number of rotatable bonds is 2. The molecule has 5 nitrogen and oxygen atoms in total. The Bertz CT molecular complexity index is 527. The van der Waals surface area contributed by atoms with Crippen molar-refractivity contribution in [2.45, 2.75) is 46.6 Å². The van der Waals surface area contributed by atoms with Crippen LogP contribution >= 0.6 is 0 Å². The highest BCUT2D eigenvalue weighted by Gasteiger charge is 2.26. The molecule has 0 aliphatic carbocycles. The fourth-order valence-electron chi connectivity index (χ4n) is 3.17. The lowest BCUT2D eigenvalue weighted by Crippen LogP contribution is -2.41. The zero-order chi connectivity index (χ0) is 14.9. The number of hydrogen-bond donors (Lipinski definition) is 2. The molecule has 1 aromatic heterocycles. The number of anilines is 1. The van der Waals surface area contributed by atoms with Gasteiger partial charge >= 0.3 is 0 Å². The maximum absolute atomic E-state index is 9.03. The van der Waals surface area contributed by atoms with Crippen LogP contribution in [0.1, 0.15) is 43.6 Å². The van der Waals surface area contributed by atoms with E-state index in [4.69, 9.17) is 10.9 Å². The first-order chi connectivity index (χ1) is 9.43. The van der Waals surface area contributed by atoms with E-state index in [9.17, 15) is 0 Å². The molecule has 2 atom stereocenters.